The minimum absolute atomic E-state index is 0.0992. The van der Waals surface area contributed by atoms with Gasteiger partial charge in [0.1, 0.15) is 5.75 Å². The van der Waals surface area contributed by atoms with Gasteiger partial charge in [-0.05, 0) is 24.3 Å². The van der Waals surface area contributed by atoms with Crippen molar-refractivity contribution in [3.05, 3.63) is 24.3 Å². The van der Waals surface area contributed by atoms with Crippen molar-refractivity contribution in [2.24, 2.45) is 5.92 Å². The Bertz CT molecular complexity index is 846. The number of ether oxygens (including phenoxy) is 1. The van der Waals surface area contributed by atoms with E-state index >= 15 is 0 Å². The second-order valence-electron chi connectivity index (χ2n) is 5.41. The lowest BCUT2D eigenvalue weighted by Crippen LogP contribution is -2.28. The number of aromatic nitrogens is 2. The summed E-state index contributed by atoms with van der Waals surface area (Å²) in [5.41, 5.74) is 0.734. The van der Waals surface area contributed by atoms with Crippen LogP contribution in [0, 0.1) is 17.2 Å². The summed E-state index contributed by atoms with van der Waals surface area (Å²) in [4.78, 5) is 26.3. The monoisotopic (exact) mass is 389 g/mol. The van der Waals surface area contributed by atoms with Crippen LogP contribution in [-0.2, 0) is 9.59 Å². The second kappa shape index (κ2) is 8.16. The number of hydrogen-bond donors (Lipinski definition) is 1. The van der Waals surface area contributed by atoms with Crippen molar-refractivity contribution < 1.29 is 14.3 Å². The maximum absolute atomic E-state index is 12.4. The maximum atomic E-state index is 12.4. The number of amides is 2. The highest BCUT2D eigenvalue weighted by Crippen LogP contribution is 2.29. The lowest BCUT2D eigenvalue weighted by Gasteiger charge is -2.16. The third-order valence-electron chi connectivity index (χ3n) is 3.78. The van der Waals surface area contributed by atoms with E-state index in [-0.39, 0.29) is 24.0 Å². The van der Waals surface area contributed by atoms with Gasteiger partial charge in [0.25, 0.3) is 0 Å². The van der Waals surface area contributed by atoms with Gasteiger partial charge in [0.05, 0.1) is 24.8 Å². The average Bonchev–Trinajstić information content (AvgIpc) is 3.26. The number of anilines is 2. The molecule has 1 fully saturated rings. The Morgan fingerprint density at radius 1 is 1.46 bits per heavy atom. The average molecular weight is 389 g/mol. The van der Waals surface area contributed by atoms with E-state index in [0.29, 0.717) is 21.8 Å². The number of benzene rings is 1. The maximum Gasteiger partial charge on any atom is 0.231 e. The van der Waals surface area contributed by atoms with Crippen molar-refractivity contribution >= 4 is 45.7 Å². The van der Waals surface area contributed by atoms with Crippen LogP contribution in [0.15, 0.2) is 28.6 Å². The van der Waals surface area contributed by atoms with Crippen LogP contribution in [0.2, 0.25) is 0 Å². The molecule has 26 heavy (non-hydrogen) atoms. The molecule has 10 heteroatoms. The minimum Gasteiger partial charge on any atom is -0.497 e. The molecular weight excluding hydrogens is 374 g/mol. The first-order valence-electron chi connectivity index (χ1n) is 7.69. The predicted molar refractivity (Wildman–Crippen MR) is 98.3 cm³/mol. The second-order valence-corrected chi connectivity index (χ2v) is 7.61. The Morgan fingerprint density at radius 2 is 2.23 bits per heavy atom. The van der Waals surface area contributed by atoms with Gasteiger partial charge in [0.15, 0.2) is 4.34 Å². The number of carbonyl (C=O) groups is 2. The Balaban J connectivity index is 1.61. The predicted octanol–water partition coefficient (Wildman–Crippen LogP) is 2.15. The van der Waals surface area contributed by atoms with Gasteiger partial charge in [-0.1, -0.05) is 23.1 Å². The molecule has 1 saturated heterocycles. The Morgan fingerprint density at radius 3 is 2.92 bits per heavy atom. The van der Waals surface area contributed by atoms with Crippen molar-refractivity contribution in [1.29, 1.82) is 5.26 Å². The molecule has 0 bridgehead atoms. The van der Waals surface area contributed by atoms with E-state index in [0.717, 1.165) is 5.69 Å². The molecule has 1 aromatic carbocycles. The highest BCUT2D eigenvalue weighted by Gasteiger charge is 2.35. The van der Waals surface area contributed by atoms with Crippen LogP contribution < -0.4 is 15.0 Å². The van der Waals surface area contributed by atoms with Crippen LogP contribution in [0.25, 0.3) is 0 Å². The molecule has 0 spiro atoms. The highest BCUT2D eigenvalue weighted by molar-refractivity contribution is 8.01. The molecule has 1 aliphatic rings. The zero-order valence-corrected chi connectivity index (χ0v) is 15.5. The van der Waals surface area contributed by atoms with Gasteiger partial charge >= 0.3 is 0 Å². The first-order valence-corrected chi connectivity index (χ1v) is 9.49. The van der Waals surface area contributed by atoms with Crippen LogP contribution in [0.5, 0.6) is 5.75 Å². The molecule has 0 radical (unpaired) electrons. The topological polar surface area (TPSA) is 108 Å². The number of hydrogen-bond acceptors (Lipinski definition) is 8. The molecule has 8 nitrogen and oxygen atoms in total. The van der Waals surface area contributed by atoms with E-state index in [1.54, 1.807) is 36.3 Å². The van der Waals surface area contributed by atoms with E-state index < -0.39 is 5.92 Å². The Hall–Kier alpha value is -2.64. The molecule has 2 amide bonds. The third kappa shape index (κ3) is 4.12. The van der Waals surface area contributed by atoms with E-state index in [4.69, 9.17) is 10.00 Å². The molecule has 0 aliphatic carbocycles. The van der Waals surface area contributed by atoms with Crippen LogP contribution in [-0.4, -0.2) is 41.4 Å². The largest absolute Gasteiger partial charge is 0.497 e. The highest BCUT2D eigenvalue weighted by atomic mass is 32.2. The summed E-state index contributed by atoms with van der Waals surface area (Å²) in [6, 6.07) is 9.14. The first kappa shape index (κ1) is 18.2. The Labute approximate surface area is 158 Å². The normalized spacial score (nSPS) is 16.4. The smallest absolute Gasteiger partial charge is 0.231 e. The van der Waals surface area contributed by atoms with Crippen molar-refractivity contribution in [1.82, 2.24) is 10.2 Å². The number of rotatable bonds is 6. The molecule has 3 rings (SSSR count). The molecule has 1 atom stereocenters. The summed E-state index contributed by atoms with van der Waals surface area (Å²) in [5, 5.41) is 19.4. The lowest BCUT2D eigenvalue weighted by atomic mass is 10.1. The molecular formula is C16H15N5O3S2. The summed E-state index contributed by atoms with van der Waals surface area (Å²) in [7, 11) is 1.58. The van der Waals surface area contributed by atoms with Gasteiger partial charge in [-0.2, -0.15) is 5.26 Å². The minimum atomic E-state index is -0.455. The van der Waals surface area contributed by atoms with Gasteiger partial charge in [0.2, 0.25) is 16.9 Å². The number of nitrogens with zero attached hydrogens (tertiary/aromatic N) is 4. The molecule has 0 unspecified atom stereocenters. The van der Waals surface area contributed by atoms with Crippen molar-refractivity contribution in [2.75, 3.05) is 29.6 Å². The summed E-state index contributed by atoms with van der Waals surface area (Å²) < 4.78 is 5.73. The first-order chi connectivity index (χ1) is 12.6. The lowest BCUT2D eigenvalue weighted by molar-refractivity contribution is -0.122. The quantitative estimate of drug-likeness (QED) is 0.596. The molecule has 134 valence electrons. The van der Waals surface area contributed by atoms with E-state index in [2.05, 4.69) is 15.5 Å². The third-order valence-corrected chi connectivity index (χ3v) is 5.62. The van der Waals surface area contributed by atoms with Crippen LogP contribution >= 0.6 is 23.1 Å². The van der Waals surface area contributed by atoms with Crippen molar-refractivity contribution in [3.8, 4) is 11.8 Å². The zero-order chi connectivity index (χ0) is 18.5. The summed E-state index contributed by atoms with van der Waals surface area (Å²) in [5.74, 6) is 0.163. The molecule has 1 N–H and O–H groups in total. The molecule has 0 saturated carbocycles. The fourth-order valence-corrected chi connectivity index (χ4v) is 3.93. The van der Waals surface area contributed by atoms with Crippen LogP contribution in [0.3, 0.4) is 0 Å². The van der Waals surface area contributed by atoms with Gasteiger partial charge in [-0.15, -0.1) is 10.2 Å². The van der Waals surface area contributed by atoms with Gasteiger partial charge < -0.3 is 15.0 Å². The van der Waals surface area contributed by atoms with E-state index in [1.165, 1.54) is 23.1 Å². The molecule has 2 heterocycles. The number of thioether (sulfide) groups is 1. The fraction of sp³-hybridized carbons (Fsp3) is 0.312. The van der Waals surface area contributed by atoms with Gasteiger partial charge in [0, 0.05) is 18.7 Å². The summed E-state index contributed by atoms with van der Waals surface area (Å²) in [6.07, 6.45) is 0.146. The number of nitriles is 1. The van der Waals surface area contributed by atoms with E-state index in [9.17, 15) is 9.59 Å². The zero-order valence-electron chi connectivity index (χ0n) is 13.8. The van der Waals surface area contributed by atoms with Crippen LogP contribution in [0.4, 0.5) is 10.8 Å². The van der Waals surface area contributed by atoms with E-state index in [1.807, 2.05) is 6.07 Å². The summed E-state index contributed by atoms with van der Waals surface area (Å²) >= 11 is 2.47. The standard InChI is InChI=1S/C16H15N5O3S2/c1-24-12-4-2-11(3-5-12)21-9-10(8-13(21)22)14(23)18-15-19-20-16(26-15)25-7-6-17/h2-5,10H,7-9H2,1H3,(H,18,19,23)/t10-/m1/s1. The number of methoxy groups -OCH3 is 1. The van der Waals surface area contributed by atoms with Crippen LogP contribution in [0.1, 0.15) is 6.42 Å². The van der Waals surface area contributed by atoms with Crippen molar-refractivity contribution in [3.63, 3.8) is 0 Å². The SMILES string of the molecule is COc1ccc(N2C[C@H](C(=O)Nc3nnc(SCC#N)s3)CC2=O)cc1. The molecule has 1 aliphatic heterocycles. The number of carbonyl (C=O) groups excluding carboxylic acids is 2. The molecule has 1 aromatic heterocycles. The Kier molecular flexibility index (Phi) is 5.70. The number of nitrogens with one attached hydrogen (secondary N) is 1. The van der Waals surface area contributed by atoms with Gasteiger partial charge in [-0.25, -0.2) is 0 Å². The molecule has 2 aromatic rings. The summed E-state index contributed by atoms with van der Waals surface area (Å²) in [6.45, 7) is 0.311. The fourth-order valence-electron chi connectivity index (χ4n) is 2.51. The van der Waals surface area contributed by atoms with Gasteiger partial charge in [-0.3, -0.25) is 9.59 Å². The van der Waals surface area contributed by atoms with Crippen molar-refractivity contribution in [2.45, 2.75) is 10.8 Å².